The molecule has 41 heavy (non-hydrogen) atoms. The molecule has 1 aliphatic heterocycles. The number of anilines is 2. The fourth-order valence-corrected chi connectivity index (χ4v) is 4.76. The number of likely N-dealkylation sites (N-methyl/N-ethyl adjacent to an activating group) is 1. The smallest absolute Gasteiger partial charge is 0.406 e. The van der Waals surface area contributed by atoms with E-state index in [0.717, 1.165) is 12.1 Å². The first-order chi connectivity index (χ1) is 19.4. The van der Waals surface area contributed by atoms with Gasteiger partial charge in [-0.15, -0.1) is 13.2 Å². The van der Waals surface area contributed by atoms with Gasteiger partial charge in [0.25, 0.3) is 11.8 Å². The highest BCUT2D eigenvalue weighted by Crippen LogP contribution is 2.37. The molecule has 214 valence electrons. The van der Waals surface area contributed by atoms with Crippen LogP contribution in [0.1, 0.15) is 28.8 Å². The van der Waals surface area contributed by atoms with E-state index in [-0.39, 0.29) is 30.3 Å². The van der Waals surface area contributed by atoms with Crippen LogP contribution in [-0.2, 0) is 16.1 Å². The van der Waals surface area contributed by atoms with Crippen molar-refractivity contribution >= 4 is 29.1 Å². The van der Waals surface area contributed by atoms with Crippen LogP contribution >= 0.6 is 0 Å². The highest BCUT2D eigenvalue weighted by Gasteiger charge is 2.52. The Hall–Kier alpha value is -4.61. The van der Waals surface area contributed by atoms with Crippen molar-refractivity contribution in [2.45, 2.75) is 37.3 Å². The van der Waals surface area contributed by atoms with Crippen molar-refractivity contribution in [1.29, 1.82) is 0 Å². The lowest BCUT2D eigenvalue weighted by molar-refractivity contribution is -0.274. The summed E-state index contributed by atoms with van der Waals surface area (Å²) in [5.41, 5.74) is 0.951. The van der Waals surface area contributed by atoms with E-state index in [1.807, 2.05) is 11.0 Å². The van der Waals surface area contributed by atoms with E-state index in [9.17, 15) is 31.9 Å². The first-order valence-corrected chi connectivity index (χ1v) is 12.8. The third-order valence-electron chi connectivity index (χ3n) is 7.09. The average Bonchev–Trinajstić information content (AvgIpc) is 3.73. The van der Waals surface area contributed by atoms with Crippen molar-refractivity contribution in [3.63, 3.8) is 0 Å². The standard InChI is InChI=1S/C29H26F4N4O4/c1-36-23-4-2-3-5-24(23)37(16-18-6-12-21(13-7-18)41-29(31,32)33)17-22(26(36)39)34-27(40)28(14-15-28)35-25(38)19-8-10-20(30)11-9-19/h2-13,22H,14-17H2,1H3,(H,34,40)(H,35,38)/t22-/m1/s1. The van der Waals surface area contributed by atoms with E-state index in [1.54, 1.807) is 25.2 Å². The molecule has 8 nitrogen and oxygen atoms in total. The number of alkyl halides is 3. The van der Waals surface area contributed by atoms with Gasteiger partial charge in [-0.2, -0.15) is 0 Å². The second-order valence-corrected chi connectivity index (χ2v) is 10.0. The molecule has 0 saturated heterocycles. The van der Waals surface area contributed by atoms with Gasteiger partial charge in [-0.3, -0.25) is 14.4 Å². The zero-order chi connectivity index (χ0) is 29.4. The molecule has 0 unspecified atom stereocenters. The minimum atomic E-state index is -4.81. The fraction of sp³-hybridized carbons (Fsp3) is 0.276. The molecule has 2 aliphatic rings. The van der Waals surface area contributed by atoms with Crippen molar-refractivity contribution in [3.8, 4) is 5.75 Å². The summed E-state index contributed by atoms with van der Waals surface area (Å²) in [6.07, 6.45) is -4.06. The number of benzene rings is 3. The van der Waals surface area contributed by atoms with Gasteiger partial charge < -0.3 is 25.2 Å². The number of carbonyl (C=O) groups excluding carboxylic acids is 3. The molecule has 1 saturated carbocycles. The molecule has 3 aromatic rings. The number of rotatable bonds is 7. The Morgan fingerprint density at radius 2 is 1.61 bits per heavy atom. The normalized spacial score (nSPS) is 17.8. The predicted molar refractivity (Wildman–Crippen MR) is 142 cm³/mol. The number of fused-ring (bicyclic) bond motifs is 1. The number of carbonyl (C=O) groups is 3. The van der Waals surface area contributed by atoms with Gasteiger partial charge in [0.2, 0.25) is 5.91 Å². The van der Waals surface area contributed by atoms with Crippen molar-refractivity contribution in [2.75, 3.05) is 23.4 Å². The highest BCUT2D eigenvalue weighted by atomic mass is 19.4. The average molecular weight is 571 g/mol. The maximum absolute atomic E-state index is 13.5. The SMILES string of the molecule is CN1C(=O)[C@H](NC(=O)C2(NC(=O)c3ccc(F)cc3)CC2)CN(Cc2ccc(OC(F)(F)F)cc2)c2ccccc21. The molecule has 12 heteroatoms. The zero-order valence-electron chi connectivity index (χ0n) is 21.9. The summed E-state index contributed by atoms with van der Waals surface area (Å²) in [4.78, 5) is 42.9. The highest BCUT2D eigenvalue weighted by molar-refractivity contribution is 6.05. The van der Waals surface area contributed by atoms with Crippen molar-refractivity contribution in [1.82, 2.24) is 10.6 Å². The summed E-state index contributed by atoms with van der Waals surface area (Å²) in [6, 6.07) is 16.5. The number of hydrogen-bond donors (Lipinski definition) is 2. The third-order valence-corrected chi connectivity index (χ3v) is 7.09. The van der Waals surface area contributed by atoms with Gasteiger partial charge in [0, 0.05) is 25.7 Å². The van der Waals surface area contributed by atoms with Crippen LogP contribution < -0.4 is 25.2 Å². The summed E-state index contributed by atoms with van der Waals surface area (Å²) in [5.74, 6) is -2.27. The number of amides is 3. The number of nitrogens with zero attached hydrogens (tertiary/aromatic N) is 2. The minimum Gasteiger partial charge on any atom is -0.406 e. The van der Waals surface area contributed by atoms with E-state index in [0.29, 0.717) is 29.8 Å². The van der Waals surface area contributed by atoms with Crippen LogP contribution in [0.5, 0.6) is 5.75 Å². The Kier molecular flexibility index (Phi) is 7.33. The number of nitrogens with one attached hydrogen (secondary N) is 2. The van der Waals surface area contributed by atoms with Gasteiger partial charge >= 0.3 is 6.36 Å². The lowest BCUT2D eigenvalue weighted by Gasteiger charge is -2.28. The number of ether oxygens (including phenoxy) is 1. The number of halogens is 4. The second-order valence-electron chi connectivity index (χ2n) is 10.0. The quantitative estimate of drug-likeness (QED) is 0.417. The molecule has 0 bridgehead atoms. The Labute approximate surface area is 232 Å². The van der Waals surface area contributed by atoms with E-state index in [1.165, 1.54) is 41.3 Å². The van der Waals surface area contributed by atoms with Gasteiger partial charge in [-0.1, -0.05) is 24.3 Å². The van der Waals surface area contributed by atoms with Gasteiger partial charge in [0.1, 0.15) is 23.1 Å². The van der Waals surface area contributed by atoms with E-state index in [4.69, 9.17) is 0 Å². The first-order valence-electron chi connectivity index (χ1n) is 12.8. The van der Waals surface area contributed by atoms with E-state index in [2.05, 4.69) is 15.4 Å². The number of hydrogen-bond acceptors (Lipinski definition) is 5. The van der Waals surface area contributed by atoms with Crippen molar-refractivity contribution < 1.29 is 36.7 Å². The molecular formula is C29H26F4N4O4. The Morgan fingerprint density at radius 3 is 2.22 bits per heavy atom. The van der Waals surface area contributed by atoms with Crippen LogP contribution in [0.25, 0.3) is 0 Å². The molecule has 0 aromatic heterocycles. The van der Waals surface area contributed by atoms with Gasteiger partial charge in [0.15, 0.2) is 0 Å². The molecule has 2 N–H and O–H groups in total. The fourth-order valence-electron chi connectivity index (χ4n) is 4.76. The first kappa shape index (κ1) is 27.9. The molecule has 3 amide bonds. The monoisotopic (exact) mass is 570 g/mol. The Bertz CT molecular complexity index is 1460. The van der Waals surface area contributed by atoms with Crippen LogP contribution in [0, 0.1) is 5.82 Å². The molecule has 1 aliphatic carbocycles. The maximum Gasteiger partial charge on any atom is 0.573 e. The topological polar surface area (TPSA) is 91.0 Å². The molecule has 1 fully saturated rings. The van der Waals surface area contributed by atoms with Crippen molar-refractivity contribution in [3.05, 3.63) is 89.7 Å². The lowest BCUT2D eigenvalue weighted by atomic mass is 10.1. The predicted octanol–water partition coefficient (Wildman–Crippen LogP) is 4.15. The van der Waals surface area contributed by atoms with Crippen LogP contribution in [0.4, 0.5) is 28.9 Å². The zero-order valence-corrected chi connectivity index (χ0v) is 21.9. The second kappa shape index (κ2) is 10.8. The van der Waals surface area contributed by atoms with Crippen LogP contribution in [0.3, 0.4) is 0 Å². The van der Waals surface area contributed by atoms with Crippen LogP contribution in [-0.4, -0.2) is 49.3 Å². The summed E-state index contributed by atoms with van der Waals surface area (Å²) >= 11 is 0. The van der Waals surface area contributed by atoms with Gasteiger partial charge in [0.05, 0.1) is 11.4 Å². The molecule has 1 heterocycles. The molecule has 3 aromatic carbocycles. The Morgan fingerprint density at radius 1 is 0.976 bits per heavy atom. The largest absolute Gasteiger partial charge is 0.573 e. The lowest BCUT2D eigenvalue weighted by Crippen LogP contribution is -2.57. The van der Waals surface area contributed by atoms with Crippen LogP contribution in [0.2, 0.25) is 0 Å². The number of para-hydroxylation sites is 2. The summed E-state index contributed by atoms with van der Waals surface area (Å²) in [7, 11) is 1.59. The van der Waals surface area contributed by atoms with Gasteiger partial charge in [-0.25, -0.2) is 4.39 Å². The maximum atomic E-state index is 13.5. The van der Waals surface area contributed by atoms with E-state index < -0.39 is 35.6 Å². The molecule has 0 radical (unpaired) electrons. The third kappa shape index (κ3) is 6.26. The summed E-state index contributed by atoms with van der Waals surface area (Å²) in [5, 5.41) is 5.52. The van der Waals surface area contributed by atoms with Gasteiger partial charge in [-0.05, 0) is 66.9 Å². The summed E-state index contributed by atoms with van der Waals surface area (Å²) < 4.78 is 54.9. The Balaban J connectivity index is 1.34. The summed E-state index contributed by atoms with van der Waals surface area (Å²) in [6.45, 7) is 0.290. The van der Waals surface area contributed by atoms with Crippen molar-refractivity contribution in [2.24, 2.45) is 0 Å². The van der Waals surface area contributed by atoms with E-state index >= 15 is 0 Å². The molecule has 5 rings (SSSR count). The molecular weight excluding hydrogens is 544 g/mol. The molecule has 1 atom stereocenters. The molecule has 0 spiro atoms. The van der Waals surface area contributed by atoms with Crippen LogP contribution in [0.15, 0.2) is 72.8 Å². The minimum absolute atomic E-state index is 0.0642.